The van der Waals surface area contributed by atoms with Crippen LogP contribution in [0.15, 0.2) is 18.2 Å². The first kappa shape index (κ1) is 23.0. The summed E-state index contributed by atoms with van der Waals surface area (Å²) in [4.78, 5) is 12.5. The van der Waals surface area contributed by atoms with E-state index in [1.807, 2.05) is 11.8 Å². The van der Waals surface area contributed by atoms with Crippen LogP contribution in [0.1, 0.15) is 43.0 Å². The second-order valence-electron chi connectivity index (χ2n) is 5.78. The van der Waals surface area contributed by atoms with Gasteiger partial charge in [-0.1, -0.05) is 18.8 Å². The fourth-order valence-electron chi connectivity index (χ4n) is 2.24. The first-order valence-corrected chi connectivity index (χ1v) is 10.3. The minimum absolute atomic E-state index is 0.0543. The average molecular weight is 389 g/mol. The minimum atomic E-state index is 0.0543. The Morgan fingerprint density at radius 1 is 1.00 bits per heavy atom. The van der Waals surface area contributed by atoms with Crippen molar-refractivity contribution in [3.63, 3.8) is 0 Å². The maximum atomic E-state index is 12.5. The molecule has 0 heterocycles. The molecule has 0 N–H and O–H groups in total. The SMILES string of the molecule is C#CCOc1cc(OCC#C)cc(C(=O)CCCSCCCOCCC)c1. The summed E-state index contributed by atoms with van der Waals surface area (Å²) in [6.45, 7) is 4.00. The molecule has 0 aromatic heterocycles. The van der Waals surface area contributed by atoms with Crippen molar-refractivity contribution >= 4 is 17.5 Å². The Hall–Kier alpha value is -2.08. The van der Waals surface area contributed by atoms with Gasteiger partial charge in [-0.25, -0.2) is 0 Å². The molecule has 0 fully saturated rings. The summed E-state index contributed by atoms with van der Waals surface area (Å²) in [7, 11) is 0. The van der Waals surface area contributed by atoms with E-state index in [0.717, 1.165) is 44.0 Å². The van der Waals surface area contributed by atoms with Gasteiger partial charge in [-0.2, -0.15) is 11.8 Å². The van der Waals surface area contributed by atoms with Crippen molar-refractivity contribution in [1.29, 1.82) is 0 Å². The number of rotatable bonds is 15. The minimum Gasteiger partial charge on any atom is -0.481 e. The second kappa shape index (κ2) is 15.0. The van der Waals surface area contributed by atoms with Crippen LogP contribution >= 0.6 is 11.8 Å². The molecule has 0 spiro atoms. The number of hydrogen-bond donors (Lipinski definition) is 0. The lowest BCUT2D eigenvalue weighted by Gasteiger charge is -2.10. The van der Waals surface area contributed by atoms with Gasteiger partial charge in [0.05, 0.1) is 0 Å². The molecule has 4 nitrogen and oxygen atoms in total. The highest BCUT2D eigenvalue weighted by atomic mass is 32.2. The molecule has 1 aromatic rings. The zero-order valence-electron chi connectivity index (χ0n) is 16.0. The Morgan fingerprint density at radius 2 is 1.63 bits per heavy atom. The standard InChI is InChI=1S/C22H28O4S/c1-4-10-24-13-8-15-27-14-7-9-22(23)19-16-20(25-11-5-2)18-21(17-19)26-12-6-3/h2-3,16-18H,4,7-15H2,1H3. The van der Waals surface area contributed by atoms with Gasteiger partial charge in [0.2, 0.25) is 0 Å². The smallest absolute Gasteiger partial charge is 0.163 e. The largest absolute Gasteiger partial charge is 0.481 e. The van der Waals surface area contributed by atoms with E-state index in [1.54, 1.807) is 18.2 Å². The van der Waals surface area contributed by atoms with Crippen LogP contribution in [0.4, 0.5) is 0 Å². The molecule has 0 saturated carbocycles. The second-order valence-corrected chi connectivity index (χ2v) is 7.01. The lowest BCUT2D eigenvalue weighted by atomic mass is 10.1. The summed E-state index contributed by atoms with van der Waals surface area (Å²) in [5, 5.41) is 0. The molecule has 0 atom stereocenters. The Morgan fingerprint density at radius 3 is 2.22 bits per heavy atom. The Labute approximate surface area is 167 Å². The van der Waals surface area contributed by atoms with Crippen molar-refractivity contribution in [1.82, 2.24) is 0 Å². The molecule has 0 aliphatic carbocycles. The molecule has 0 saturated heterocycles. The Bertz CT molecular complexity index is 606. The fourth-order valence-corrected chi connectivity index (χ4v) is 3.11. The fraction of sp³-hybridized carbons (Fsp3) is 0.500. The average Bonchev–Trinajstić information content (AvgIpc) is 2.69. The maximum Gasteiger partial charge on any atom is 0.163 e. The number of Topliss-reactive ketones (excluding diaryl/α,β-unsaturated/α-hetero) is 1. The summed E-state index contributed by atoms with van der Waals surface area (Å²) in [5.74, 6) is 7.88. The first-order chi connectivity index (χ1) is 13.2. The van der Waals surface area contributed by atoms with E-state index < -0.39 is 0 Å². The third-order valence-electron chi connectivity index (χ3n) is 3.46. The van der Waals surface area contributed by atoms with Crippen LogP contribution in [0.3, 0.4) is 0 Å². The van der Waals surface area contributed by atoms with Crippen LogP contribution in [0.2, 0.25) is 0 Å². The van der Waals surface area contributed by atoms with E-state index in [-0.39, 0.29) is 19.0 Å². The molecule has 5 heteroatoms. The molecular formula is C22H28O4S. The van der Waals surface area contributed by atoms with Gasteiger partial charge in [0.15, 0.2) is 5.78 Å². The molecular weight excluding hydrogens is 360 g/mol. The molecule has 27 heavy (non-hydrogen) atoms. The van der Waals surface area contributed by atoms with E-state index in [9.17, 15) is 4.79 Å². The molecule has 0 bridgehead atoms. The van der Waals surface area contributed by atoms with E-state index in [1.165, 1.54) is 0 Å². The van der Waals surface area contributed by atoms with E-state index in [2.05, 4.69) is 18.8 Å². The van der Waals surface area contributed by atoms with Crippen LogP contribution in [0.25, 0.3) is 0 Å². The van der Waals surface area contributed by atoms with Gasteiger partial charge >= 0.3 is 0 Å². The number of terminal acetylenes is 2. The zero-order chi connectivity index (χ0) is 19.7. The van der Waals surface area contributed by atoms with Gasteiger partial charge in [-0.05, 0) is 42.9 Å². The Balaban J connectivity index is 2.43. The summed E-state index contributed by atoms with van der Waals surface area (Å²) in [5.41, 5.74) is 0.550. The molecule has 0 amide bonds. The summed E-state index contributed by atoms with van der Waals surface area (Å²) >= 11 is 1.85. The lowest BCUT2D eigenvalue weighted by Crippen LogP contribution is -2.04. The van der Waals surface area contributed by atoms with E-state index >= 15 is 0 Å². The zero-order valence-corrected chi connectivity index (χ0v) is 16.8. The van der Waals surface area contributed by atoms with Crippen molar-refractivity contribution in [3.05, 3.63) is 23.8 Å². The highest BCUT2D eigenvalue weighted by molar-refractivity contribution is 7.99. The van der Waals surface area contributed by atoms with Crippen molar-refractivity contribution < 1.29 is 19.0 Å². The number of ether oxygens (including phenoxy) is 3. The number of benzene rings is 1. The number of ketones is 1. The topological polar surface area (TPSA) is 44.8 Å². The van der Waals surface area contributed by atoms with Gasteiger partial charge in [-0.3, -0.25) is 4.79 Å². The lowest BCUT2D eigenvalue weighted by molar-refractivity contribution is 0.0981. The van der Waals surface area contributed by atoms with Gasteiger partial charge in [0.25, 0.3) is 0 Å². The molecule has 1 rings (SSSR count). The molecule has 146 valence electrons. The number of carbonyl (C=O) groups excluding carboxylic acids is 1. The van der Waals surface area contributed by atoms with Gasteiger partial charge in [0.1, 0.15) is 24.7 Å². The predicted octanol–water partition coefficient (Wildman–Crippen LogP) is 4.22. The Kier molecular flexibility index (Phi) is 12.8. The van der Waals surface area contributed by atoms with Crippen LogP contribution in [-0.2, 0) is 4.74 Å². The van der Waals surface area contributed by atoms with Crippen molar-refractivity contribution in [2.45, 2.75) is 32.6 Å². The van der Waals surface area contributed by atoms with E-state index in [0.29, 0.717) is 23.5 Å². The normalized spacial score (nSPS) is 10.0. The monoisotopic (exact) mass is 388 g/mol. The van der Waals surface area contributed by atoms with Crippen molar-refractivity contribution in [2.75, 3.05) is 37.9 Å². The van der Waals surface area contributed by atoms with Gasteiger partial charge in [0, 0.05) is 31.3 Å². The molecule has 1 aromatic carbocycles. The number of thioether (sulfide) groups is 1. The molecule has 0 aliphatic rings. The van der Waals surface area contributed by atoms with Crippen LogP contribution in [-0.4, -0.2) is 43.7 Å². The van der Waals surface area contributed by atoms with Crippen LogP contribution < -0.4 is 9.47 Å². The van der Waals surface area contributed by atoms with Gasteiger partial charge < -0.3 is 14.2 Å². The molecule has 0 aliphatic heterocycles. The summed E-state index contributed by atoms with van der Waals surface area (Å²) in [6.07, 6.45) is 13.9. The quantitative estimate of drug-likeness (QED) is 0.256. The number of carbonyl (C=O) groups is 1. The van der Waals surface area contributed by atoms with E-state index in [4.69, 9.17) is 27.1 Å². The molecule has 0 unspecified atom stereocenters. The van der Waals surface area contributed by atoms with Gasteiger partial charge in [-0.15, -0.1) is 12.8 Å². The third-order valence-corrected chi connectivity index (χ3v) is 4.62. The summed E-state index contributed by atoms with van der Waals surface area (Å²) in [6, 6.07) is 5.07. The van der Waals surface area contributed by atoms with Crippen LogP contribution in [0, 0.1) is 24.7 Å². The van der Waals surface area contributed by atoms with Crippen molar-refractivity contribution in [3.8, 4) is 36.2 Å². The van der Waals surface area contributed by atoms with Crippen LogP contribution in [0.5, 0.6) is 11.5 Å². The first-order valence-electron chi connectivity index (χ1n) is 9.17. The highest BCUT2D eigenvalue weighted by Crippen LogP contribution is 2.24. The number of hydrogen-bond acceptors (Lipinski definition) is 5. The highest BCUT2D eigenvalue weighted by Gasteiger charge is 2.10. The predicted molar refractivity (Wildman–Crippen MR) is 112 cm³/mol. The third kappa shape index (κ3) is 10.6. The molecule has 0 radical (unpaired) electrons. The van der Waals surface area contributed by atoms with Crippen molar-refractivity contribution in [2.24, 2.45) is 0 Å². The maximum absolute atomic E-state index is 12.5. The summed E-state index contributed by atoms with van der Waals surface area (Å²) < 4.78 is 16.3.